The lowest BCUT2D eigenvalue weighted by atomic mass is 9.47. The van der Waals surface area contributed by atoms with Crippen molar-refractivity contribution in [1.82, 2.24) is 10.2 Å². The summed E-state index contributed by atoms with van der Waals surface area (Å²) >= 11 is 0. The summed E-state index contributed by atoms with van der Waals surface area (Å²) < 4.78 is 5.04. The summed E-state index contributed by atoms with van der Waals surface area (Å²) in [6, 6.07) is 0.144. The van der Waals surface area contributed by atoms with Gasteiger partial charge < -0.3 is 20.1 Å². The van der Waals surface area contributed by atoms with Gasteiger partial charge in [0.15, 0.2) is 0 Å². The van der Waals surface area contributed by atoms with Crippen LogP contribution < -0.4 is 5.32 Å². The van der Waals surface area contributed by atoms with Gasteiger partial charge in [0.2, 0.25) is 5.91 Å². The molecule has 0 aromatic rings. The molecule has 6 heteroatoms. The van der Waals surface area contributed by atoms with Crippen molar-refractivity contribution < 1.29 is 19.4 Å². The molecule has 4 aliphatic carbocycles. The Balaban J connectivity index is 1.28. The first-order valence-corrected chi connectivity index (χ1v) is 10.3. The predicted molar refractivity (Wildman–Crippen MR) is 96.4 cm³/mol. The molecule has 1 heterocycles. The third-order valence-corrected chi connectivity index (χ3v) is 7.07. The van der Waals surface area contributed by atoms with Crippen LogP contribution in [0.25, 0.3) is 0 Å². The van der Waals surface area contributed by atoms with Crippen LogP contribution in [0, 0.1) is 17.3 Å². The molecule has 2 N–H and O–H groups in total. The van der Waals surface area contributed by atoms with Gasteiger partial charge in [-0.25, -0.2) is 4.79 Å². The molecule has 26 heavy (non-hydrogen) atoms. The Kier molecular flexibility index (Phi) is 4.66. The van der Waals surface area contributed by atoms with Crippen LogP contribution in [-0.4, -0.2) is 53.3 Å². The Morgan fingerprint density at radius 1 is 1.15 bits per heavy atom. The molecule has 0 aromatic carbocycles. The number of nitrogens with zero attached hydrogens (tertiary/aromatic N) is 1. The van der Waals surface area contributed by atoms with Crippen molar-refractivity contribution in [1.29, 1.82) is 0 Å². The van der Waals surface area contributed by atoms with Crippen molar-refractivity contribution >= 4 is 12.0 Å². The molecule has 0 radical (unpaired) electrons. The number of hydrogen-bond donors (Lipinski definition) is 2. The summed E-state index contributed by atoms with van der Waals surface area (Å²) in [6.45, 7) is 3.48. The maximum atomic E-state index is 12.7. The van der Waals surface area contributed by atoms with E-state index in [4.69, 9.17) is 4.74 Å². The highest BCUT2D eigenvalue weighted by molar-refractivity contribution is 5.77. The van der Waals surface area contributed by atoms with Crippen molar-refractivity contribution in [2.45, 2.75) is 76.4 Å². The number of hydrogen-bond acceptors (Lipinski definition) is 4. The maximum absolute atomic E-state index is 12.7. The van der Waals surface area contributed by atoms with Crippen LogP contribution >= 0.6 is 0 Å². The van der Waals surface area contributed by atoms with E-state index in [-0.39, 0.29) is 23.5 Å². The van der Waals surface area contributed by atoms with Gasteiger partial charge in [-0.15, -0.1) is 0 Å². The van der Waals surface area contributed by atoms with Crippen LogP contribution in [0.15, 0.2) is 0 Å². The zero-order valence-corrected chi connectivity index (χ0v) is 15.8. The quantitative estimate of drug-likeness (QED) is 0.803. The Hall–Kier alpha value is -1.30. The molecule has 0 spiro atoms. The van der Waals surface area contributed by atoms with E-state index in [0.717, 1.165) is 44.9 Å². The number of ether oxygens (including phenoxy) is 1. The monoisotopic (exact) mass is 364 g/mol. The standard InChI is InChI=1S/C20H32N2O4/c1-2-26-18(24)22-5-3-16(4-6-22)21-17(23)12-19-8-14-7-15(9-19)11-20(25,10-14)13-19/h14-16,25H,2-13H2,1H3,(H,21,23). The second-order valence-electron chi connectivity index (χ2n) is 9.39. The average molecular weight is 364 g/mol. The van der Waals surface area contributed by atoms with E-state index < -0.39 is 5.60 Å². The number of piperidine rings is 1. The Labute approximate surface area is 155 Å². The largest absolute Gasteiger partial charge is 0.450 e. The fourth-order valence-corrected chi connectivity index (χ4v) is 6.65. The molecular weight excluding hydrogens is 332 g/mol. The molecule has 2 amide bonds. The lowest BCUT2D eigenvalue weighted by Gasteiger charge is -2.60. The zero-order chi connectivity index (χ0) is 18.4. The molecule has 1 saturated heterocycles. The van der Waals surface area contributed by atoms with Crippen LogP contribution in [0.1, 0.15) is 64.7 Å². The van der Waals surface area contributed by atoms with Gasteiger partial charge in [0.1, 0.15) is 0 Å². The predicted octanol–water partition coefficient (Wildman–Crippen LogP) is 2.44. The van der Waals surface area contributed by atoms with Crippen LogP contribution in [0.5, 0.6) is 0 Å². The van der Waals surface area contributed by atoms with E-state index in [1.807, 2.05) is 6.92 Å². The third kappa shape index (κ3) is 3.57. The topological polar surface area (TPSA) is 78.9 Å². The van der Waals surface area contributed by atoms with Crippen molar-refractivity contribution in [3.05, 3.63) is 0 Å². The molecule has 146 valence electrons. The number of aliphatic hydroxyl groups is 1. The van der Waals surface area contributed by atoms with E-state index in [0.29, 0.717) is 38.0 Å². The fraction of sp³-hybridized carbons (Fsp3) is 0.900. The number of carbonyl (C=O) groups is 2. The average Bonchev–Trinajstić information content (AvgIpc) is 2.52. The van der Waals surface area contributed by atoms with E-state index >= 15 is 0 Å². The zero-order valence-electron chi connectivity index (χ0n) is 15.8. The summed E-state index contributed by atoms with van der Waals surface area (Å²) in [6.07, 6.45) is 8.04. The van der Waals surface area contributed by atoms with Crippen molar-refractivity contribution in [3.8, 4) is 0 Å². The van der Waals surface area contributed by atoms with Gasteiger partial charge >= 0.3 is 6.09 Å². The van der Waals surface area contributed by atoms with Crippen molar-refractivity contribution in [2.24, 2.45) is 17.3 Å². The summed E-state index contributed by atoms with van der Waals surface area (Å²) in [5.74, 6) is 1.36. The molecule has 5 fully saturated rings. The highest BCUT2D eigenvalue weighted by Crippen LogP contribution is 2.62. The molecular formula is C20H32N2O4. The van der Waals surface area contributed by atoms with Crippen molar-refractivity contribution in [2.75, 3.05) is 19.7 Å². The van der Waals surface area contributed by atoms with Crippen molar-refractivity contribution in [3.63, 3.8) is 0 Å². The SMILES string of the molecule is CCOC(=O)N1CCC(NC(=O)CC23CC4CC(CC(O)(C4)C2)C3)CC1. The van der Waals surface area contributed by atoms with Crippen LogP contribution in [0.3, 0.4) is 0 Å². The van der Waals surface area contributed by atoms with Crippen LogP contribution in [-0.2, 0) is 9.53 Å². The van der Waals surface area contributed by atoms with Gasteiger partial charge in [-0.3, -0.25) is 4.79 Å². The first-order chi connectivity index (χ1) is 12.4. The molecule has 1 aliphatic heterocycles. The molecule has 4 bridgehead atoms. The van der Waals surface area contributed by atoms with E-state index in [1.54, 1.807) is 4.90 Å². The van der Waals surface area contributed by atoms with Gasteiger partial charge in [0, 0.05) is 25.6 Å². The highest BCUT2D eigenvalue weighted by atomic mass is 16.6. The number of likely N-dealkylation sites (tertiary alicyclic amines) is 1. The van der Waals surface area contributed by atoms with Gasteiger partial charge in [-0.1, -0.05) is 0 Å². The Morgan fingerprint density at radius 3 is 2.38 bits per heavy atom. The molecule has 2 unspecified atom stereocenters. The van der Waals surface area contributed by atoms with Gasteiger partial charge in [-0.2, -0.15) is 0 Å². The fourth-order valence-electron chi connectivity index (χ4n) is 6.65. The summed E-state index contributed by atoms with van der Waals surface area (Å²) in [5, 5.41) is 14.0. The van der Waals surface area contributed by atoms with Gasteiger partial charge in [-0.05, 0) is 75.5 Å². The molecule has 2 atom stereocenters. The highest BCUT2D eigenvalue weighted by Gasteiger charge is 2.57. The molecule has 5 rings (SSSR count). The number of amides is 2. The minimum Gasteiger partial charge on any atom is -0.450 e. The summed E-state index contributed by atoms with van der Waals surface area (Å²) in [4.78, 5) is 26.2. The third-order valence-electron chi connectivity index (χ3n) is 7.07. The second-order valence-corrected chi connectivity index (χ2v) is 9.39. The second kappa shape index (κ2) is 6.70. The summed E-state index contributed by atoms with van der Waals surface area (Å²) in [7, 11) is 0. The number of carbonyl (C=O) groups excluding carboxylic acids is 2. The first-order valence-electron chi connectivity index (χ1n) is 10.3. The molecule has 4 saturated carbocycles. The Bertz CT molecular complexity index is 556. The minimum absolute atomic E-state index is 0.0224. The van der Waals surface area contributed by atoms with E-state index in [1.165, 1.54) is 6.42 Å². The van der Waals surface area contributed by atoms with Crippen LogP contribution in [0.2, 0.25) is 0 Å². The molecule has 0 aromatic heterocycles. The minimum atomic E-state index is -0.505. The Morgan fingerprint density at radius 2 is 1.81 bits per heavy atom. The normalized spacial score (nSPS) is 39.1. The lowest BCUT2D eigenvalue weighted by Crippen LogP contribution is -2.57. The number of nitrogens with one attached hydrogen (secondary N) is 1. The summed E-state index contributed by atoms with van der Waals surface area (Å²) in [5.41, 5.74) is -0.482. The lowest BCUT2D eigenvalue weighted by molar-refractivity contribution is -0.169. The van der Waals surface area contributed by atoms with E-state index in [9.17, 15) is 14.7 Å². The molecule has 6 nitrogen and oxygen atoms in total. The van der Waals surface area contributed by atoms with Gasteiger partial charge in [0.25, 0.3) is 0 Å². The van der Waals surface area contributed by atoms with E-state index in [2.05, 4.69) is 5.32 Å². The van der Waals surface area contributed by atoms with Gasteiger partial charge in [0.05, 0.1) is 12.2 Å². The molecule has 5 aliphatic rings. The maximum Gasteiger partial charge on any atom is 0.409 e. The smallest absolute Gasteiger partial charge is 0.409 e. The van der Waals surface area contributed by atoms with Crippen LogP contribution in [0.4, 0.5) is 4.79 Å². The first kappa shape index (κ1) is 18.1. The number of rotatable bonds is 4.